The Morgan fingerprint density at radius 3 is 2.67 bits per heavy atom. The van der Waals surface area contributed by atoms with E-state index in [1.807, 2.05) is 20.8 Å². The molecule has 1 aromatic heterocycles. The van der Waals surface area contributed by atoms with Crippen molar-refractivity contribution in [3.05, 3.63) is 44.5 Å². The third-order valence-corrected chi connectivity index (χ3v) is 3.45. The fraction of sp³-hybridized carbons (Fsp3) is 0.429. The second-order valence-electron chi connectivity index (χ2n) is 6.07. The van der Waals surface area contributed by atoms with Crippen LogP contribution in [-0.4, -0.2) is 26.1 Å². The molecule has 112 valence electrons. The first kappa shape index (κ1) is 15.1. The van der Waals surface area contributed by atoms with E-state index in [1.165, 1.54) is 18.5 Å². The fourth-order valence-electron chi connectivity index (χ4n) is 1.99. The minimum Gasteiger partial charge on any atom is -0.392 e. The Labute approximate surface area is 120 Å². The maximum Gasteiger partial charge on any atom is 0.273 e. The number of rotatable bonds is 3. The van der Waals surface area contributed by atoms with Crippen molar-refractivity contribution in [3.8, 4) is 0 Å². The molecule has 0 fully saturated rings. The number of nitro benzene ring substituents is 1. The molecule has 1 atom stereocenters. The predicted molar refractivity (Wildman–Crippen MR) is 78.2 cm³/mol. The summed E-state index contributed by atoms with van der Waals surface area (Å²) < 4.78 is 0. The standard InChI is InChI=1S/C14H17N3O4/c1-14(2,3)12(18)5-8-4-10-9(6-11(8)17(20)21)13(19)16-7-15-10/h4,6-7,12,18H,5H2,1-3H3,(H,15,16,19). The van der Waals surface area contributed by atoms with E-state index in [4.69, 9.17) is 0 Å². The van der Waals surface area contributed by atoms with Gasteiger partial charge >= 0.3 is 0 Å². The van der Waals surface area contributed by atoms with Gasteiger partial charge in [-0.25, -0.2) is 4.98 Å². The Bertz CT molecular complexity index is 746. The lowest BCUT2D eigenvalue weighted by Crippen LogP contribution is -2.28. The van der Waals surface area contributed by atoms with Crippen LogP contribution in [0.2, 0.25) is 0 Å². The van der Waals surface area contributed by atoms with Gasteiger partial charge < -0.3 is 10.1 Å². The molecule has 1 unspecified atom stereocenters. The van der Waals surface area contributed by atoms with Crippen molar-refractivity contribution in [1.29, 1.82) is 0 Å². The first-order valence-electron chi connectivity index (χ1n) is 6.53. The first-order valence-corrected chi connectivity index (χ1v) is 6.53. The molecule has 0 bridgehead atoms. The summed E-state index contributed by atoms with van der Waals surface area (Å²) in [5.74, 6) is 0. The van der Waals surface area contributed by atoms with Crippen LogP contribution in [0, 0.1) is 15.5 Å². The summed E-state index contributed by atoms with van der Waals surface area (Å²) in [4.78, 5) is 28.7. The number of aliphatic hydroxyl groups excluding tert-OH is 1. The van der Waals surface area contributed by atoms with Gasteiger partial charge in [-0.15, -0.1) is 0 Å². The van der Waals surface area contributed by atoms with E-state index in [0.717, 1.165) is 0 Å². The number of benzene rings is 1. The molecule has 0 saturated heterocycles. The summed E-state index contributed by atoms with van der Waals surface area (Å²) in [6.07, 6.45) is 0.640. The third kappa shape index (κ3) is 3.08. The van der Waals surface area contributed by atoms with Gasteiger partial charge in [0.1, 0.15) is 0 Å². The number of nitrogens with zero attached hydrogens (tertiary/aromatic N) is 2. The Kier molecular flexibility index (Phi) is 3.78. The fourth-order valence-corrected chi connectivity index (χ4v) is 1.99. The largest absolute Gasteiger partial charge is 0.392 e. The number of hydrogen-bond acceptors (Lipinski definition) is 5. The van der Waals surface area contributed by atoms with E-state index < -0.39 is 22.0 Å². The minimum absolute atomic E-state index is 0.129. The van der Waals surface area contributed by atoms with Crippen molar-refractivity contribution in [3.63, 3.8) is 0 Å². The van der Waals surface area contributed by atoms with Gasteiger partial charge in [0.2, 0.25) is 0 Å². The van der Waals surface area contributed by atoms with Crippen LogP contribution in [0.5, 0.6) is 0 Å². The SMILES string of the molecule is CC(C)(C)C(O)Cc1cc2nc[nH]c(=O)c2cc1[N+](=O)[O-]. The van der Waals surface area contributed by atoms with Crippen molar-refractivity contribution in [2.45, 2.75) is 33.3 Å². The number of hydrogen-bond donors (Lipinski definition) is 2. The monoisotopic (exact) mass is 291 g/mol. The summed E-state index contributed by atoms with van der Waals surface area (Å²) in [5.41, 5.74) is -0.256. The topological polar surface area (TPSA) is 109 Å². The Balaban J connectivity index is 2.59. The molecule has 7 heteroatoms. The minimum atomic E-state index is -0.740. The van der Waals surface area contributed by atoms with Gasteiger partial charge in [0.25, 0.3) is 11.2 Å². The summed E-state index contributed by atoms with van der Waals surface area (Å²) in [5, 5.41) is 21.5. The predicted octanol–water partition coefficient (Wildman–Crippen LogP) is 1.78. The van der Waals surface area contributed by atoms with Gasteiger partial charge in [0.05, 0.1) is 28.3 Å². The first-order chi connectivity index (χ1) is 9.70. The summed E-state index contributed by atoms with van der Waals surface area (Å²) >= 11 is 0. The van der Waals surface area contributed by atoms with E-state index in [-0.39, 0.29) is 17.5 Å². The normalized spacial score (nSPS) is 13.3. The molecule has 0 aliphatic rings. The van der Waals surface area contributed by atoms with Crippen molar-refractivity contribution >= 4 is 16.6 Å². The Hall–Kier alpha value is -2.28. The Morgan fingerprint density at radius 2 is 2.10 bits per heavy atom. The Morgan fingerprint density at radius 1 is 1.43 bits per heavy atom. The maximum atomic E-state index is 11.7. The zero-order valence-corrected chi connectivity index (χ0v) is 12.1. The average Bonchev–Trinajstić information content (AvgIpc) is 2.37. The van der Waals surface area contributed by atoms with Crippen LogP contribution >= 0.6 is 0 Å². The van der Waals surface area contributed by atoms with Crippen LogP contribution < -0.4 is 5.56 Å². The molecule has 0 amide bonds. The van der Waals surface area contributed by atoms with E-state index in [9.17, 15) is 20.0 Å². The average molecular weight is 291 g/mol. The van der Waals surface area contributed by atoms with Gasteiger partial charge in [0.15, 0.2) is 0 Å². The highest BCUT2D eigenvalue weighted by atomic mass is 16.6. The van der Waals surface area contributed by atoms with Crippen molar-refractivity contribution < 1.29 is 10.0 Å². The van der Waals surface area contributed by atoms with E-state index in [0.29, 0.717) is 11.1 Å². The van der Waals surface area contributed by atoms with Crippen LogP contribution in [0.3, 0.4) is 0 Å². The van der Waals surface area contributed by atoms with Crippen LogP contribution in [0.25, 0.3) is 10.9 Å². The van der Waals surface area contributed by atoms with Crippen molar-refractivity contribution in [2.24, 2.45) is 5.41 Å². The highest BCUT2D eigenvalue weighted by Crippen LogP contribution is 2.28. The highest BCUT2D eigenvalue weighted by Gasteiger charge is 2.26. The number of nitrogens with one attached hydrogen (secondary N) is 1. The number of aromatic nitrogens is 2. The molecule has 0 aliphatic heterocycles. The van der Waals surface area contributed by atoms with Crippen LogP contribution in [0.4, 0.5) is 5.69 Å². The molecule has 0 radical (unpaired) electrons. The number of H-pyrrole nitrogens is 1. The lowest BCUT2D eigenvalue weighted by molar-refractivity contribution is -0.385. The lowest BCUT2D eigenvalue weighted by Gasteiger charge is -2.25. The second kappa shape index (κ2) is 5.25. The van der Waals surface area contributed by atoms with E-state index in [2.05, 4.69) is 9.97 Å². The molecule has 7 nitrogen and oxygen atoms in total. The molecule has 2 rings (SSSR count). The van der Waals surface area contributed by atoms with Gasteiger partial charge in [-0.05, 0) is 11.5 Å². The van der Waals surface area contributed by atoms with Crippen molar-refractivity contribution in [1.82, 2.24) is 9.97 Å². The number of aromatic amines is 1. The van der Waals surface area contributed by atoms with Crippen LogP contribution in [0.15, 0.2) is 23.3 Å². The van der Waals surface area contributed by atoms with E-state index in [1.54, 1.807) is 0 Å². The third-order valence-electron chi connectivity index (χ3n) is 3.45. The molecule has 1 aromatic carbocycles. The van der Waals surface area contributed by atoms with Gasteiger partial charge in [-0.3, -0.25) is 14.9 Å². The van der Waals surface area contributed by atoms with Crippen LogP contribution in [-0.2, 0) is 6.42 Å². The molecule has 0 spiro atoms. The quantitative estimate of drug-likeness (QED) is 0.661. The lowest BCUT2D eigenvalue weighted by atomic mass is 9.85. The van der Waals surface area contributed by atoms with Gasteiger partial charge in [0, 0.05) is 18.1 Å². The van der Waals surface area contributed by atoms with E-state index >= 15 is 0 Å². The molecule has 0 saturated carbocycles. The molecule has 2 N–H and O–H groups in total. The van der Waals surface area contributed by atoms with Gasteiger partial charge in [-0.1, -0.05) is 20.8 Å². The molecular weight excluding hydrogens is 274 g/mol. The highest BCUT2D eigenvalue weighted by molar-refractivity contribution is 5.81. The maximum absolute atomic E-state index is 11.7. The zero-order chi connectivity index (χ0) is 15.8. The number of aliphatic hydroxyl groups is 1. The summed E-state index contributed by atoms with van der Waals surface area (Å²) in [6, 6.07) is 2.71. The number of fused-ring (bicyclic) bond motifs is 1. The molecular formula is C14H17N3O4. The molecule has 0 aliphatic carbocycles. The second-order valence-corrected chi connectivity index (χ2v) is 6.07. The van der Waals surface area contributed by atoms with Crippen LogP contribution in [0.1, 0.15) is 26.3 Å². The smallest absolute Gasteiger partial charge is 0.273 e. The molecule has 21 heavy (non-hydrogen) atoms. The van der Waals surface area contributed by atoms with Gasteiger partial charge in [-0.2, -0.15) is 0 Å². The van der Waals surface area contributed by atoms with Crippen molar-refractivity contribution in [2.75, 3.05) is 0 Å². The molecule has 1 heterocycles. The number of nitro groups is 1. The summed E-state index contributed by atoms with van der Waals surface area (Å²) in [6.45, 7) is 5.56. The summed E-state index contributed by atoms with van der Waals surface area (Å²) in [7, 11) is 0. The zero-order valence-electron chi connectivity index (χ0n) is 12.1. The molecule has 2 aromatic rings.